The van der Waals surface area contributed by atoms with Crippen LogP contribution < -0.4 is 0 Å². The Balaban J connectivity index is 1.48. The highest BCUT2D eigenvalue weighted by atomic mass is 19.4. The molecule has 0 N–H and O–H groups in total. The maximum atomic E-state index is 13.8. The van der Waals surface area contributed by atoms with Gasteiger partial charge in [-0.1, -0.05) is 31.1 Å². The van der Waals surface area contributed by atoms with E-state index in [1.807, 2.05) is 13.8 Å². The van der Waals surface area contributed by atoms with Gasteiger partial charge in [-0.15, -0.1) is 0 Å². The van der Waals surface area contributed by atoms with Crippen molar-refractivity contribution < 1.29 is 44.8 Å². The molecule has 0 spiro atoms. The summed E-state index contributed by atoms with van der Waals surface area (Å²) in [5.74, 6) is -0.890. The van der Waals surface area contributed by atoms with Crippen LogP contribution >= 0.6 is 0 Å². The van der Waals surface area contributed by atoms with E-state index in [0.29, 0.717) is 29.1 Å². The van der Waals surface area contributed by atoms with E-state index in [-0.39, 0.29) is 36.4 Å². The van der Waals surface area contributed by atoms with E-state index in [4.69, 9.17) is 9.26 Å². The fourth-order valence-corrected chi connectivity index (χ4v) is 5.44. The highest BCUT2D eigenvalue weighted by Crippen LogP contribution is 2.45. The van der Waals surface area contributed by atoms with Crippen LogP contribution in [0.3, 0.4) is 0 Å². The van der Waals surface area contributed by atoms with Crippen LogP contribution in [-0.4, -0.2) is 39.6 Å². The van der Waals surface area contributed by atoms with Crippen LogP contribution in [0.15, 0.2) is 53.1 Å². The molecule has 3 heterocycles. The zero-order valence-electron chi connectivity index (χ0n) is 22.6. The van der Waals surface area contributed by atoms with Gasteiger partial charge in [0.1, 0.15) is 5.82 Å². The molecule has 2 aliphatic heterocycles. The SMILES string of the molecule is CC(C)c1noc(C2=CC(=O)N3C[C@H](O[C@H](C)c4cc(C(F)(F)F)cc(C(F)(F)F)c4)C(c4ccc(F)cc4)C3C2)n1. The Hall–Kier alpha value is -3.74. The Bertz CT molecular complexity index is 1460. The first-order valence-corrected chi connectivity index (χ1v) is 13.2. The number of benzene rings is 2. The molecule has 0 aliphatic carbocycles. The molecule has 5 rings (SSSR count). The number of alkyl halides is 6. The van der Waals surface area contributed by atoms with Gasteiger partial charge < -0.3 is 14.2 Å². The van der Waals surface area contributed by atoms with Gasteiger partial charge in [0.05, 0.1) is 23.3 Å². The molecule has 2 aromatic carbocycles. The lowest BCUT2D eigenvalue weighted by molar-refractivity contribution is -0.143. The molecule has 4 atom stereocenters. The number of rotatable bonds is 6. The fraction of sp³-hybridized carbons (Fsp3) is 0.414. The number of hydrogen-bond donors (Lipinski definition) is 0. The van der Waals surface area contributed by atoms with E-state index in [1.165, 1.54) is 42.2 Å². The zero-order valence-corrected chi connectivity index (χ0v) is 22.6. The lowest BCUT2D eigenvalue weighted by atomic mass is 9.85. The molecule has 6 nitrogen and oxygen atoms in total. The normalized spacial score (nSPS) is 22.0. The van der Waals surface area contributed by atoms with Crippen LogP contribution in [0.2, 0.25) is 0 Å². The van der Waals surface area contributed by atoms with Gasteiger partial charge in [0.15, 0.2) is 5.82 Å². The maximum Gasteiger partial charge on any atom is 0.416 e. The highest BCUT2D eigenvalue weighted by molar-refractivity contribution is 5.97. The van der Waals surface area contributed by atoms with Crippen molar-refractivity contribution in [2.75, 3.05) is 6.54 Å². The van der Waals surface area contributed by atoms with E-state index in [1.54, 1.807) is 0 Å². The number of ether oxygens (including phenoxy) is 1. The topological polar surface area (TPSA) is 68.5 Å². The van der Waals surface area contributed by atoms with Crippen molar-refractivity contribution in [3.63, 3.8) is 0 Å². The molecule has 2 unspecified atom stereocenters. The first-order valence-electron chi connectivity index (χ1n) is 13.2. The average molecular weight is 598 g/mol. The first-order chi connectivity index (χ1) is 19.6. The second-order valence-electron chi connectivity index (χ2n) is 10.8. The van der Waals surface area contributed by atoms with Crippen molar-refractivity contribution in [1.82, 2.24) is 15.0 Å². The van der Waals surface area contributed by atoms with E-state index in [9.17, 15) is 35.5 Å². The summed E-state index contributed by atoms with van der Waals surface area (Å²) in [7, 11) is 0. The average Bonchev–Trinajstić information content (AvgIpc) is 3.54. The quantitative estimate of drug-likeness (QED) is 0.279. The fourth-order valence-electron chi connectivity index (χ4n) is 5.44. The van der Waals surface area contributed by atoms with Gasteiger partial charge in [-0.05, 0) is 54.8 Å². The second kappa shape index (κ2) is 10.8. The number of halogens is 7. The molecule has 1 fully saturated rings. The molecule has 0 saturated carbocycles. The molecule has 42 heavy (non-hydrogen) atoms. The van der Waals surface area contributed by atoms with E-state index >= 15 is 0 Å². The van der Waals surface area contributed by atoms with Crippen molar-refractivity contribution in [2.45, 2.75) is 69.6 Å². The molecule has 2 aliphatic rings. The minimum atomic E-state index is -5.01. The Morgan fingerprint density at radius 2 is 1.60 bits per heavy atom. The van der Waals surface area contributed by atoms with Crippen LogP contribution in [-0.2, 0) is 21.9 Å². The lowest BCUT2D eigenvalue weighted by Gasteiger charge is -2.32. The summed E-state index contributed by atoms with van der Waals surface area (Å²) < 4.78 is 106. The maximum absolute atomic E-state index is 13.8. The molecule has 3 aromatic rings. The molecule has 13 heteroatoms. The summed E-state index contributed by atoms with van der Waals surface area (Å²) in [4.78, 5) is 19.1. The van der Waals surface area contributed by atoms with Gasteiger partial charge in [-0.2, -0.15) is 31.3 Å². The predicted octanol–water partition coefficient (Wildman–Crippen LogP) is 7.30. The molecular weight excluding hydrogens is 571 g/mol. The van der Waals surface area contributed by atoms with Gasteiger partial charge in [0.2, 0.25) is 5.91 Å². The van der Waals surface area contributed by atoms with Gasteiger partial charge in [-0.3, -0.25) is 4.79 Å². The number of carbonyl (C=O) groups is 1. The smallest absolute Gasteiger partial charge is 0.368 e. The number of fused-ring (bicyclic) bond motifs is 1. The number of aromatic nitrogens is 2. The monoisotopic (exact) mass is 597 g/mol. The van der Waals surface area contributed by atoms with Crippen molar-refractivity contribution >= 4 is 11.5 Å². The van der Waals surface area contributed by atoms with Gasteiger partial charge in [0.25, 0.3) is 5.89 Å². The zero-order chi connectivity index (χ0) is 30.6. The number of carbonyl (C=O) groups excluding carboxylic acids is 1. The van der Waals surface area contributed by atoms with Gasteiger partial charge >= 0.3 is 12.4 Å². The van der Waals surface area contributed by atoms with Gasteiger partial charge in [-0.25, -0.2) is 4.39 Å². The summed E-state index contributed by atoms with van der Waals surface area (Å²) >= 11 is 0. The van der Waals surface area contributed by atoms with Crippen LogP contribution in [0.25, 0.3) is 5.57 Å². The van der Waals surface area contributed by atoms with Crippen molar-refractivity contribution in [3.05, 3.63) is 88.3 Å². The largest absolute Gasteiger partial charge is 0.416 e. The first kappa shape index (κ1) is 29.7. The Morgan fingerprint density at radius 1 is 0.976 bits per heavy atom. The third kappa shape index (κ3) is 5.92. The van der Waals surface area contributed by atoms with Crippen LogP contribution in [0, 0.1) is 5.82 Å². The van der Waals surface area contributed by atoms with E-state index in [0.717, 1.165) is 0 Å². The Labute approximate surface area is 236 Å². The molecule has 0 radical (unpaired) electrons. The molecule has 0 bridgehead atoms. The van der Waals surface area contributed by atoms with Crippen molar-refractivity contribution in [1.29, 1.82) is 0 Å². The molecule has 1 aromatic heterocycles. The van der Waals surface area contributed by atoms with E-state index in [2.05, 4.69) is 10.1 Å². The summed E-state index contributed by atoms with van der Waals surface area (Å²) in [6.07, 6.45) is -10.5. The molecule has 1 saturated heterocycles. The Morgan fingerprint density at radius 3 is 2.14 bits per heavy atom. The van der Waals surface area contributed by atoms with E-state index < -0.39 is 59.4 Å². The standard InChI is InChI=1S/C29H26F7N3O3/c1-14(2)26-37-27(42-38-26)18-10-22-25(16-4-6-21(30)7-5-16)23(13-39(22)24(40)11-18)41-15(3)17-8-19(28(31,32)33)12-20(9-17)29(34,35)36/h4-9,11-12,14-15,22-23,25H,10,13H2,1-3H3/t15-,22?,23+,25?/m1/s1. The summed E-state index contributed by atoms with van der Waals surface area (Å²) in [5, 5.41) is 3.95. The molecule has 224 valence electrons. The minimum absolute atomic E-state index is 0.00578. The minimum Gasteiger partial charge on any atom is -0.368 e. The summed E-state index contributed by atoms with van der Waals surface area (Å²) in [6.45, 7) is 5.12. The third-order valence-electron chi connectivity index (χ3n) is 7.55. The highest BCUT2D eigenvalue weighted by Gasteiger charge is 2.48. The molecular formula is C29H26F7N3O3. The van der Waals surface area contributed by atoms with Crippen LogP contribution in [0.4, 0.5) is 30.7 Å². The van der Waals surface area contributed by atoms with Crippen molar-refractivity contribution in [3.8, 4) is 0 Å². The molecule has 1 amide bonds. The number of hydrogen-bond acceptors (Lipinski definition) is 5. The lowest BCUT2D eigenvalue weighted by Crippen LogP contribution is -2.39. The summed E-state index contributed by atoms with van der Waals surface area (Å²) in [5.41, 5.74) is -2.16. The predicted molar refractivity (Wildman–Crippen MR) is 135 cm³/mol. The van der Waals surface area contributed by atoms with Gasteiger partial charge in [0, 0.05) is 36.1 Å². The Kier molecular flexibility index (Phi) is 7.67. The number of nitrogens with zero attached hydrogens (tertiary/aromatic N) is 3. The van der Waals surface area contributed by atoms with Crippen molar-refractivity contribution in [2.24, 2.45) is 0 Å². The second-order valence-corrected chi connectivity index (χ2v) is 10.8. The number of amides is 1. The van der Waals surface area contributed by atoms with Crippen LogP contribution in [0.1, 0.15) is 79.1 Å². The summed E-state index contributed by atoms with van der Waals surface area (Å²) in [6, 6.07) is 6.27. The third-order valence-corrected chi connectivity index (χ3v) is 7.55. The van der Waals surface area contributed by atoms with Crippen LogP contribution in [0.5, 0.6) is 0 Å².